The predicted octanol–water partition coefficient (Wildman–Crippen LogP) is 3.69. The summed E-state index contributed by atoms with van der Waals surface area (Å²) in [6.07, 6.45) is 1.73. The molecule has 3 rings (SSSR count). The fourth-order valence-electron chi connectivity index (χ4n) is 3.35. The molecule has 1 N–H and O–H groups in total. The van der Waals surface area contributed by atoms with Crippen LogP contribution in [0.1, 0.15) is 28.8 Å². The Labute approximate surface area is 163 Å². The smallest absolute Gasteiger partial charge is 0.387 e. The van der Waals surface area contributed by atoms with E-state index in [1.165, 1.54) is 30.9 Å². The zero-order valence-corrected chi connectivity index (χ0v) is 15.7. The summed E-state index contributed by atoms with van der Waals surface area (Å²) in [5, 5.41) is 3.02. The maximum absolute atomic E-state index is 12.5. The van der Waals surface area contributed by atoms with Gasteiger partial charge in [-0.1, -0.05) is 30.3 Å². The van der Waals surface area contributed by atoms with Crippen LogP contribution in [0.15, 0.2) is 48.5 Å². The van der Waals surface area contributed by atoms with Crippen molar-refractivity contribution in [3.63, 3.8) is 0 Å². The number of amides is 1. The van der Waals surface area contributed by atoms with Crippen molar-refractivity contribution in [1.29, 1.82) is 0 Å². The highest BCUT2D eigenvalue weighted by Gasteiger charge is 2.22. The van der Waals surface area contributed by atoms with E-state index in [-0.39, 0.29) is 23.4 Å². The minimum absolute atomic E-state index is 0.0857. The van der Waals surface area contributed by atoms with Crippen molar-refractivity contribution < 1.29 is 23.0 Å². The van der Waals surface area contributed by atoms with Gasteiger partial charge in [-0.15, -0.1) is 0 Å². The van der Waals surface area contributed by atoms with E-state index in [1.54, 1.807) is 0 Å². The lowest BCUT2D eigenvalue weighted by molar-refractivity contribution is -0.0512. The van der Waals surface area contributed by atoms with Crippen molar-refractivity contribution in [3.8, 4) is 11.5 Å². The van der Waals surface area contributed by atoms with Crippen LogP contribution in [-0.2, 0) is 6.54 Å². The number of alkyl halides is 2. The highest BCUT2D eigenvalue weighted by atomic mass is 19.3. The van der Waals surface area contributed by atoms with Crippen molar-refractivity contribution in [1.82, 2.24) is 10.2 Å². The van der Waals surface area contributed by atoms with Crippen LogP contribution < -0.4 is 14.8 Å². The number of benzene rings is 2. The number of hydrogen-bond donors (Lipinski definition) is 1. The summed E-state index contributed by atoms with van der Waals surface area (Å²) in [5.74, 6) is -0.239. The first-order valence-electron chi connectivity index (χ1n) is 9.25. The third-order valence-electron chi connectivity index (χ3n) is 4.81. The van der Waals surface area contributed by atoms with Crippen LogP contribution in [0.25, 0.3) is 0 Å². The van der Waals surface area contributed by atoms with Crippen molar-refractivity contribution >= 4 is 5.91 Å². The minimum atomic E-state index is -2.95. The van der Waals surface area contributed by atoms with Crippen LogP contribution >= 0.6 is 0 Å². The number of piperidine rings is 1. The molecule has 1 aliphatic heterocycles. The van der Waals surface area contributed by atoms with Gasteiger partial charge in [-0.3, -0.25) is 9.69 Å². The highest BCUT2D eigenvalue weighted by molar-refractivity contribution is 5.95. The van der Waals surface area contributed by atoms with Crippen LogP contribution in [0.4, 0.5) is 8.78 Å². The van der Waals surface area contributed by atoms with Gasteiger partial charge < -0.3 is 14.8 Å². The lowest BCUT2D eigenvalue weighted by atomic mass is 10.0. The first kappa shape index (κ1) is 20.1. The van der Waals surface area contributed by atoms with Gasteiger partial charge in [0.25, 0.3) is 5.91 Å². The van der Waals surface area contributed by atoms with E-state index in [2.05, 4.69) is 27.1 Å². The first-order chi connectivity index (χ1) is 13.5. The first-order valence-corrected chi connectivity index (χ1v) is 9.25. The highest BCUT2D eigenvalue weighted by Crippen LogP contribution is 2.29. The summed E-state index contributed by atoms with van der Waals surface area (Å²) in [4.78, 5) is 14.9. The topological polar surface area (TPSA) is 50.8 Å². The number of methoxy groups -OCH3 is 1. The molecule has 1 fully saturated rings. The molecular weight excluding hydrogens is 366 g/mol. The van der Waals surface area contributed by atoms with Gasteiger partial charge in [0.1, 0.15) is 0 Å². The number of ether oxygens (including phenoxy) is 2. The van der Waals surface area contributed by atoms with Crippen LogP contribution in [0, 0.1) is 0 Å². The van der Waals surface area contributed by atoms with Gasteiger partial charge in [-0.25, -0.2) is 0 Å². The molecule has 2 aromatic rings. The van der Waals surface area contributed by atoms with E-state index < -0.39 is 6.61 Å². The maximum Gasteiger partial charge on any atom is 0.387 e. The Bertz CT molecular complexity index is 778. The molecular formula is C21H24F2N2O3. The maximum atomic E-state index is 12.5. The quantitative estimate of drug-likeness (QED) is 0.784. The second-order valence-electron chi connectivity index (χ2n) is 6.75. The summed E-state index contributed by atoms with van der Waals surface area (Å²) in [6, 6.07) is 14.6. The van der Waals surface area contributed by atoms with E-state index in [1.807, 2.05) is 18.2 Å². The van der Waals surface area contributed by atoms with Crippen molar-refractivity contribution in [2.75, 3.05) is 20.2 Å². The zero-order valence-electron chi connectivity index (χ0n) is 15.7. The molecule has 1 aliphatic rings. The number of nitrogens with zero attached hydrogens (tertiary/aromatic N) is 1. The van der Waals surface area contributed by atoms with Gasteiger partial charge in [0, 0.05) is 31.2 Å². The molecule has 0 aliphatic carbocycles. The van der Waals surface area contributed by atoms with Gasteiger partial charge in [0.15, 0.2) is 11.5 Å². The zero-order chi connectivity index (χ0) is 19.9. The Hall–Kier alpha value is -2.67. The molecule has 7 heteroatoms. The van der Waals surface area contributed by atoms with Crippen LogP contribution in [0.2, 0.25) is 0 Å². The minimum Gasteiger partial charge on any atom is -0.493 e. The number of carbonyl (C=O) groups excluding carboxylic acids is 1. The predicted molar refractivity (Wildman–Crippen MR) is 102 cm³/mol. The van der Waals surface area contributed by atoms with E-state index >= 15 is 0 Å². The lowest BCUT2D eigenvalue weighted by Crippen LogP contribution is -2.44. The summed E-state index contributed by atoms with van der Waals surface area (Å²) in [5.41, 5.74) is 1.63. The third-order valence-corrected chi connectivity index (χ3v) is 4.81. The molecule has 0 unspecified atom stereocenters. The Morgan fingerprint density at radius 1 is 1.14 bits per heavy atom. The number of carbonyl (C=O) groups is 1. The molecule has 0 saturated carbocycles. The fourth-order valence-corrected chi connectivity index (χ4v) is 3.35. The van der Waals surface area contributed by atoms with Gasteiger partial charge in [-0.2, -0.15) is 8.78 Å². The Morgan fingerprint density at radius 3 is 2.50 bits per heavy atom. The molecule has 0 radical (unpaired) electrons. The van der Waals surface area contributed by atoms with Crippen molar-refractivity contribution in [2.45, 2.75) is 32.0 Å². The number of likely N-dealkylation sites (tertiary alicyclic amines) is 1. The normalized spacial score (nSPS) is 15.4. The Morgan fingerprint density at radius 2 is 1.86 bits per heavy atom. The van der Waals surface area contributed by atoms with Crippen LogP contribution in [0.5, 0.6) is 11.5 Å². The number of hydrogen-bond acceptors (Lipinski definition) is 4. The molecule has 1 amide bonds. The van der Waals surface area contributed by atoms with E-state index in [4.69, 9.17) is 4.74 Å². The average Bonchev–Trinajstić information content (AvgIpc) is 2.70. The molecule has 28 heavy (non-hydrogen) atoms. The Balaban J connectivity index is 1.53. The number of rotatable bonds is 7. The molecule has 2 aromatic carbocycles. The molecule has 5 nitrogen and oxygen atoms in total. The number of nitrogens with one attached hydrogen (secondary N) is 1. The third kappa shape index (κ3) is 5.42. The lowest BCUT2D eigenvalue weighted by Gasteiger charge is -2.32. The van der Waals surface area contributed by atoms with Crippen molar-refractivity contribution in [2.24, 2.45) is 0 Å². The molecule has 0 spiro atoms. The average molecular weight is 390 g/mol. The summed E-state index contributed by atoms with van der Waals surface area (Å²) < 4.78 is 34.3. The van der Waals surface area contributed by atoms with Crippen molar-refractivity contribution in [3.05, 3.63) is 59.7 Å². The molecule has 0 aromatic heterocycles. The van der Waals surface area contributed by atoms with Gasteiger partial charge in [0.05, 0.1) is 7.11 Å². The van der Waals surface area contributed by atoms with Gasteiger partial charge >= 0.3 is 6.61 Å². The SMILES string of the molecule is COc1cc(C(=O)NC2CCN(Cc3ccccc3)CC2)ccc1OC(F)F. The molecule has 1 heterocycles. The molecule has 1 saturated heterocycles. The summed E-state index contributed by atoms with van der Waals surface area (Å²) in [7, 11) is 1.35. The monoisotopic (exact) mass is 390 g/mol. The van der Waals surface area contributed by atoms with Gasteiger partial charge in [0.2, 0.25) is 0 Å². The summed E-state index contributed by atoms with van der Waals surface area (Å²) in [6.45, 7) is -0.228. The van der Waals surface area contributed by atoms with Gasteiger partial charge in [-0.05, 0) is 36.6 Å². The fraction of sp³-hybridized carbons (Fsp3) is 0.381. The van der Waals surface area contributed by atoms with E-state index in [0.717, 1.165) is 32.5 Å². The Kier molecular flexibility index (Phi) is 6.81. The number of halogens is 2. The molecule has 150 valence electrons. The standard InChI is InChI=1S/C21H24F2N2O3/c1-27-19-13-16(7-8-18(19)28-21(22)23)20(26)24-17-9-11-25(12-10-17)14-15-5-3-2-4-6-15/h2-8,13,17,21H,9-12,14H2,1H3,(H,24,26). The second kappa shape index (κ2) is 9.50. The van der Waals surface area contributed by atoms with Crippen LogP contribution in [0.3, 0.4) is 0 Å². The largest absolute Gasteiger partial charge is 0.493 e. The van der Waals surface area contributed by atoms with Crippen LogP contribution in [-0.4, -0.2) is 43.7 Å². The second-order valence-corrected chi connectivity index (χ2v) is 6.75. The molecule has 0 atom stereocenters. The van der Waals surface area contributed by atoms with E-state index in [9.17, 15) is 13.6 Å². The summed E-state index contributed by atoms with van der Waals surface area (Å²) >= 11 is 0. The van der Waals surface area contributed by atoms with E-state index in [0.29, 0.717) is 5.56 Å². The molecule has 0 bridgehead atoms.